The largest absolute Gasteiger partial charge is 0.367 e. The molecule has 4 heterocycles. The van der Waals surface area contributed by atoms with Crippen LogP contribution in [0.4, 0.5) is 5.82 Å². The highest BCUT2D eigenvalue weighted by molar-refractivity contribution is 5.82. The van der Waals surface area contributed by atoms with E-state index in [0.717, 1.165) is 39.6 Å². The van der Waals surface area contributed by atoms with Crippen molar-refractivity contribution < 1.29 is 0 Å². The minimum atomic E-state index is 0.511. The van der Waals surface area contributed by atoms with Crippen molar-refractivity contribution in [3.63, 3.8) is 0 Å². The van der Waals surface area contributed by atoms with Crippen LogP contribution in [0.15, 0.2) is 49.1 Å². The number of anilines is 1. The van der Waals surface area contributed by atoms with Crippen LogP contribution in [0, 0.1) is 6.92 Å². The van der Waals surface area contributed by atoms with Crippen LogP contribution in [-0.2, 0) is 0 Å². The molecular formula is C22H23N7. The molecule has 0 saturated heterocycles. The first-order valence-corrected chi connectivity index (χ1v) is 10.1. The quantitative estimate of drug-likeness (QED) is 0.563. The lowest BCUT2D eigenvalue weighted by molar-refractivity contribution is 0.462. The van der Waals surface area contributed by atoms with Crippen molar-refractivity contribution in [2.45, 2.75) is 45.1 Å². The van der Waals surface area contributed by atoms with Gasteiger partial charge in [0.2, 0.25) is 0 Å². The Kier molecular flexibility index (Phi) is 4.63. The molecule has 0 amide bonds. The summed E-state index contributed by atoms with van der Waals surface area (Å²) in [6, 6.07) is 8.53. The Morgan fingerprint density at radius 1 is 0.966 bits per heavy atom. The number of fused-ring (bicyclic) bond motifs is 1. The summed E-state index contributed by atoms with van der Waals surface area (Å²) >= 11 is 0. The Balaban J connectivity index is 1.50. The molecule has 0 aromatic carbocycles. The fourth-order valence-electron chi connectivity index (χ4n) is 3.91. The highest BCUT2D eigenvalue weighted by Gasteiger charge is 2.15. The van der Waals surface area contributed by atoms with E-state index in [1.165, 1.54) is 32.1 Å². The van der Waals surface area contributed by atoms with Crippen LogP contribution < -0.4 is 5.32 Å². The van der Waals surface area contributed by atoms with E-state index in [0.29, 0.717) is 6.04 Å². The van der Waals surface area contributed by atoms with Crippen LogP contribution in [0.3, 0.4) is 0 Å². The van der Waals surface area contributed by atoms with Crippen molar-refractivity contribution in [3.05, 3.63) is 54.7 Å². The molecule has 0 radical (unpaired) electrons. The summed E-state index contributed by atoms with van der Waals surface area (Å²) in [4.78, 5) is 18.1. The fourth-order valence-corrected chi connectivity index (χ4v) is 3.91. The molecule has 1 fully saturated rings. The van der Waals surface area contributed by atoms with Gasteiger partial charge in [0.15, 0.2) is 5.82 Å². The molecule has 4 aromatic rings. The second-order valence-electron chi connectivity index (χ2n) is 7.59. The fraction of sp³-hybridized carbons (Fsp3) is 0.318. The van der Waals surface area contributed by atoms with E-state index in [9.17, 15) is 0 Å². The average molecular weight is 385 g/mol. The number of nitrogens with zero attached hydrogens (tertiary/aromatic N) is 6. The van der Waals surface area contributed by atoms with Gasteiger partial charge in [0.05, 0.1) is 29.3 Å². The molecule has 0 unspecified atom stereocenters. The van der Waals surface area contributed by atoms with Crippen molar-refractivity contribution >= 4 is 16.7 Å². The molecule has 1 N–H and O–H groups in total. The molecule has 4 aromatic heterocycles. The lowest BCUT2D eigenvalue weighted by atomic mass is 9.95. The Labute approximate surface area is 169 Å². The summed E-state index contributed by atoms with van der Waals surface area (Å²) in [5, 5.41) is 9.11. The summed E-state index contributed by atoms with van der Waals surface area (Å²) in [6.45, 7) is 1.92. The van der Waals surface area contributed by atoms with Crippen molar-refractivity contribution in [1.29, 1.82) is 0 Å². The van der Waals surface area contributed by atoms with Gasteiger partial charge in [0, 0.05) is 23.8 Å². The molecule has 1 aliphatic carbocycles. The van der Waals surface area contributed by atoms with E-state index < -0.39 is 0 Å². The molecule has 7 nitrogen and oxygen atoms in total. The number of aryl methyl sites for hydroxylation is 1. The van der Waals surface area contributed by atoms with Crippen molar-refractivity contribution in [2.24, 2.45) is 0 Å². The minimum Gasteiger partial charge on any atom is -0.367 e. The second-order valence-corrected chi connectivity index (χ2v) is 7.59. The Bertz CT molecular complexity index is 1140. The van der Waals surface area contributed by atoms with E-state index in [-0.39, 0.29) is 0 Å². The number of hydrogen-bond acceptors (Lipinski definition) is 6. The minimum absolute atomic E-state index is 0.511. The van der Waals surface area contributed by atoms with Gasteiger partial charge in [-0.1, -0.05) is 25.3 Å². The Hall–Kier alpha value is -3.35. The summed E-state index contributed by atoms with van der Waals surface area (Å²) in [7, 11) is 0. The summed E-state index contributed by atoms with van der Waals surface area (Å²) in [5.74, 6) is 1.69. The molecule has 146 valence electrons. The van der Waals surface area contributed by atoms with Gasteiger partial charge in [0.25, 0.3) is 0 Å². The van der Waals surface area contributed by atoms with Crippen molar-refractivity contribution in [3.8, 4) is 17.2 Å². The van der Waals surface area contributed by atoms with Gasteiger partial charge in [0.1, 0.15) is 11.5 Å². The zero-order valence-corrected chi connectivity index (χ0v) is 16.4. The Morgan fingerprint density at radius 2 is 1.86 bits per heavy atom. The predicted molar refractivity (Wildman–Crippen MR) is 113 cm³/mol. The smallest absolute Gasteiger partial charge is 0.156 e. The first-order valence-electron chi connectivity index (χ1n) is 10.1. The molecule has 5 rings (SSSR count). The molecular weight excluding hydrogens is 362 g/mol. The van der Waals surface area contributed by atoms with Gasteiger partial charge in [-0.05, 0) is 38.0 Å². The van der Waals surface area contributed by atoms with Gasteiger partial charge < -0.3 is 5.32 Å². The van der Waals surface area contributed by atoms with Crippen LogP contribution in [0.2, 0.25) is 0 Å². The SMILES string of the molecule is Cc1cncc(-c2cc3c(cn2)cnn3-c2cccc(NC3CCCCC3)n2)n1. The third-order valence-corrected chi connectivity index (χ3v) is 5.38. The maximum Gasteiger partial charge on any atom is 0.156 e. The summed E-state index contributed by atoms with van der Waals surface area (Å²) in [5.41, 5.74) is 3.33. The third-order valence-electron chi connectivity index (χ3n) is 5.38. The number of rotatable bonds is 4. The molecule has 29 heavy (non-hydrogen) atoms. The highest BCUT2D eigenvalue weighted by atomic mass is 15.3. The normalized spacial score (nSPS) is 14.9. The second kappa shape index (κ2) is 7.58. The molecule has 0 bridgehead atoms. The lowest BCUT2D eigenvalue weighted by Crippen LogP contribution is -2.23. The maximum atomic E-state index is 4.82. The van der Waals surface area contributed by atoms with Gasteiger partial charge >= 0.3 is 0 Å². The van der Waals surface area contributed by atoms with Crippen LogP contribution in [0.5, 0.6) is 0 Å². The van der Waals surface area contributed by atoms with Crippen LogP contribution >= 0.6 is 0 Å². The zero-order chi connectivity index (χ0) is 19.6. The standard InChI is InChI=1S/C22H23N7/c1-15-11-23-14-19(26-15)18-10-20-16(12-24-18)13-25-29(20)22-9-5-8-21(28-22)27-17-6-3-2-4-7-17/h5,8-14,17H,2-4,6-7H2,1H3,(H,27,28). The number of nitrogens with one attached hydrogen (secondary N) is 1. The molecule has 1 aliphatic rings. The van der Waals surface area contributed by atoms with E-state index in [2.05, 4.69) is 25.4 Å². The van der Waals surface area contributed by atoms with Crippen molar-refractivity contribution in [2.75, 3.05) is 5.32 Å². The van der Waals surface area contributed by atoms with E-state index in [1.807, 2.05) is 48.3 Å². The first-order chi connectivity index (χ1) is 14.3. The average Bonchev–Trinajstić information content (AvgIpc) is 3.18. The zero-order valence-electron chi connectivity index (χ0n) is 16.4. The number of hydrogen-bond donors (Lipinski definition) is 1. The highest BCUT2D eigenvalue weighted by Crippen LogP contribution is 2.24. The first kappa shape index (κ1) is 17.7. The molecule has 0 atom stereocenters. The van der Waals surface area contributed by atoms with Gasteiger partial charge in [-0.2, -0.15) is 5.10 Å². The molecule has 7 heteroatoms. The van der Waals surface area contributed by atoms with E-state index in [4.69, 9.17) is 4.98 Å². The Morgan fingerprint density at radius 3 is 2.72 bits per heavy atom. The predicted octanol–water partition coefficient (Wildman–Crippen LogP) is 4.33. The van der Waals surface area contributed by atoms with Crippen molar-refractivity contribution in [1.82, 2.24) is 29.7 Å². The lowest BCUT2D eigenvalue weighted by Gasteiger charge is -2.23. The van der Waals surface area contributed by atoms with Crippen LogP contribution in [0.1, 0.15) is 37.8 Å². The van der Waals surface area contributed by atoms with Crippen LogP contribution in [-0.4, -0.2) is 35.8 Å². The molecule has 0 aliphatic heterocycles. The molecule has 1 saturated carbocycles. The van der Waals surface area contributed by atoms with E-state index >= 15 is 0 Å². The monoisotopic (exact) mass is 385 g/mol. The topological polar surface area (TPSA) is 81.4 Å². The summed E-state index contributed by atoms with van der Waals surface area (Å²) < 4.78 is 1.86. The van der Waals surface area contributed by atoms with Gasteiger partial charge in [-0.15, -0.1) is 0 Å². The van der Waals surface area contributed by atoms with Gasteiger partial charge in [-0.25, -0.2) is 14.6 Å². The summed E-state index contributed by atoms with van der Waals surface area (Å²) in [6.07, 6.45) is 13.5. The molecule has 0 spiro atoms. The maximum absolute atomic E-state index is 4.82. The third kappa shape index (κ3) is 3.68. The van der Waals surface area contributed by atoms with Crippen LogP contribution in [0.25, 0.3) is 28.1 Å². The van der Waals surface area contributed by atoms with E-state index in [1.54, 1.807) is 12.4 Å². The number of aromatic nitrogens is 6. The van der Waals surface area contributed by atoms with Gasteiger partial charge in [-0.3, -0.25) is 9.97 Å². The number of pyridine rings is 2.